The van der Waals surface area contributed by atoms with Crippen LogP contribution in [0.4, 0.5) is 0 Å². The molecule has 0 aliphatic heterocycles. The SMILES string of the molecule is COc1ccc2[nH]c3c(-c4c(O)c(C)cc5c4[nH]c4ccc(OC)c(CC=C(C)C)c45)c(O)c(C)cc3c2c1CC=C(C)C. The highest BCUT2D eigenvalue weighted by molar-refractivity contribution is 6.21. The fourth-order valence-corrected chi connectivity index (χ4v) is 6.51. The highest BCUT2D eigenvalue weighted by Crippen LogP contribution is 2.50. The number of nitrogens with one attached hydrogen (secondary N) is 2. The van der Waals surface area contributed by atoms with Gasteiger partial charge in [-0.05, 0) is 102 Å². The second-order valence-electron chi connectivity index (χ2n) is 12.2. The summed E-state index contributed by atoms with van der Waals surface area (Å²) in [6.45, 7) is 12.2. The predicted octanol–water partition coefficient (Wildman–Crippen LogP) is 9.69. The first kappa shape index (κ1) is 29.2. The van der Waals surface area contributed by atoms with Crippen molar-refractivity contribution in [3.05, 3.63) is 82.0 Å². The van der Waals surface area contributed by atoms with Crippen LogP contribution in [0.2, 0.25) is 0 Å². The minimum absolute atomic E-state index is 0.130. The van der Waals surface area contributed by atoms with Gasteiger partial charge in [0.2, 0.25) is 0 Å². The van der Waals surface area contributed by atoms with Crippen LogP contribution in [-0.2, 0) is 12.8 Å². The van der Waals surface area contributed by atoms with Crippen molar-refractivity contribution >= 4 is 43.6 Å². The Labute approximate surface area is 257 Å². The van der Waals surface area contributed by atoms with Crippen molar-refractivity contribution in [2.24, 2.45) is 0 Å². The molecule has 4 N–H and O–H groups in total. The van der Waals surface area contributed by atoms with Gasteiger partial charge in [0.05, 0.1) is 36.4 Å². The Morgan fingerprint density at radius 3 is 1.39 bits per heavy atom. The molecule has 0 radical (unpaired) electrons. The summed E-state index contributed by atoms with van der Waals surface area (Å²) < 4.78 is 11.6. The molecule has 2 aromatic heterocycles. The first-order chi connectivity index (χ1) is 21.0. The fraction of sp³-hybridized carbons (Fsp3) is 0.263. The van der Waals surface area contributed by atoms with Crippen LogP contribution >= 0.6 is 0 Å². The topological polar surface area (TPSA) is 90.5 Å². The second kappa shape index (κ2) is 11.0. The number of aryl methyl sites for hydroxylation is 2. The molecule has 2 heterocycles. The average molecular weight is 589 g/mol. The zero-order valence-corrected chi connectivity index (χ0v) is 26.7. The Morgan fingerprint density at radius 2 is 1.05 bits per heavy atom. The Bertz CT molecular complexity index is 2010. The van der Waals surface area contributed by atoms with Crippen molar-refractivity contribution in [1.82, 2.24) is 9.97 Å². The maximum absolute atomic E-state index is 11.7. The predicted molar refractivity (Wildman–Crippen MR) is 183 cm³/mol. The molecule has 6 rings (SSSR count). The number of allylic oxidation sites excluding steroid dienone is 4. The number of fused-ring (bicyclic) bond motifs is 6. The third-order valence-electron chi connectivity index (χ3n) is 8.70. The number of hydrogen-bond acceptors (Lipinski definition) is 4. The number of aromatic nitrogens is 2. The molecule has 226 valence electrons. The van der Waals surface area contributed by atoms with Crippen LogP contribution in [0.5, 0.6) is 23.0 Å². The lowest BCUT2D eigenvalue weighted by Crippen LogP contribution is -1.93. The monoisotopic (exact) mass is 588 g/mol. The van der Waals surface area contributed by atoms with Crippen molar-refractivity contribution in [2.45, 2.75) is 54.4 Å². The van der Waals surface area contributed by atoms with E-state index in [2.05, 4.69) is 49.8 Å². The average Bonchev–Trinajstić information content (AvgIpc) is 3.54. The minimum atomic E-state index is 0.130. The summed E-state index contributed by atoms with van der Waals surface area (Å²) in [5.41, 5.74) is 10.6. The van der Waals surface area contributed by atoms with Gasteiger partial charge >= 0.3 is 0 Å². The van der Waals surface area contributed by atoms with Gasteiger partial charge < -0.3 is 29.7 Å². The van der Waals surface area contributed by atoms with E-state index in [0.29, 0.717) is 24.0 Å². The van der Waals surface area contributed by atoms with Crippen LogP contribution in [0.1, 0.15) is 49.9 Å². The van der Waals surface area contributed by atoms with Crippen LogP contribution < -0.4 is 9.47 Å². The van der Waals surface area contributed by atoms with Crippen molar-refractivity contribution in [3.8, 4) is 34.1 Å². The molecule has 0 aliphatic rings. The number of ether oxygens (including phenoxy) is 2. The van der Waals surface area contributed by atoms with Crippen molar-refractivity contribution in [2.75, 3.05) is 14.2 Å². The third kappa shape index (κ3) is 4.57. The number of aromatic hydroxyl groups is 2. The summed E-state index contributed by atoms with van der Waals surface area (Å²) in [6.07, 6.45) is 5.82. The second-order valence-corrected chi connectivity index (χ2v) is 12.2. The van der Waals surface area contributed by atoms with E-state index in [1.807, 2.05) is 50.2 Å². The summed E-state index contributed by atoms with van der Waals surface area (Å²) in [4.78, 5) is 7.22. The van der Waals surface area contributed by atoms with E-state index in [1.165, 1.54) is 11.1 Å². The summed E-state index contributed by atoms with van der Waals surface area (Å²) in [7, 11) is 3.39. The maximum Gasteiger partial charge on any atom is 0.128 e. The van der Waals surface area contributed by atoms with Crippen LogP contribution in [0.15, 0.2) is 59.7 Å². The van der Waals surface area contributed by atoms with Crippen molar-refractivity contribution < 1.29 is 19.7 Å². The summed E-state index contributed by atoms with van der Waals surface area (Å²) in [5.74, 6) is 1.89. The molecule has 0 amide bonds. The van der Waals surface area contributed by atoms with E-state index in [0.717, 1.165) is 77.4 Å². The Hall–Kier alpha value is -4.84. The number of hydrogen-bond donors (Lipinski definition) is 4. The summed E-state index contributed by atoms with van der Waals surface area (Å²) in [5, 5.41) is 27.5. The Balaban J connectivity index is 1.76. The van der Waals surface area contributed by atoms with Gasteiger partial charge in [-0.1, -0.05) is 23.3 Å². The molecule has 6 aromatic rings. The van der Waals surface area contributed by atoms with Gasteiger partial charge in [-0.15, -0.1) is 0 Å². The quantitative estimate of drug-likeness (QED) is 0.140. The molecule has 0 unspecified atom stereocenters. The van der Waals surface area contributed by atoms with Crippen molar-refractivity contribution in [1.29, 1.82) is 0 Å². The zero-order valence-electron chi connectivity index (χ0n) is 26.7. The minimum Gasteiger partial charge on any atom is -0.507 e. The van der Waals surface area contributed by atoms with E-state index < -0.39 is 0 Å². The molecule has 0 saturated carbocycles. The van der Waals surface area contributed by atoms with E-state index in [-0.39, 0.29) is 11.5 Å². The van der Waals surface area contributed by atoms with Gasteiger partial charge in [0.15, 0.2) is 0 Å². The molecule has 0 spiro atoms. The van der Waals surface area contributed by atoms with E-state index in [9.17, 15) is 10.2 Å². The number of phenolic OH excluding ortho intramolecular Hbond substituents is 2. The number of H-pyrrole nitrogens is 2. The smallest absolute Gasteiger partial charge is 0.128 e. The van der Waals surface area contributed by atoms with Crippen LogP contribution in [0, 0.1) is 13.8 Å². The normalized spacial score (nSPS) is 11.5. The molecule has 6 heteroatoms. The zero-order chi connectivity index (χ0) is 31.4. The summed E-state index contributed by atoms with van der Waals surface area (Å²) in [6, 6.07) is 12.1. The fourth-order valence-electron chi connectivity index (χ4n) is 6.51. The third-order valence-corrected chi connectivity index (χ3v) is 8.70. The number of benzene rings is 4. The number of methoxy groups -OCH3 is 2. The van der Waals surface area contributed by atoms with Gasteiger partial charge in [-0.3, -0.25) is 0 Å². The first-order valence-electron chi connectivity index (χ1n) is 15.0. The molecular formula is C38H40N2O4. The lowest BCUT2D eigenvalue weighted by atomic mass is 9.92. The number of rotatable bonds is 7. The molecule has 0 atom stereocenters. The lowest BCUT2D eigenvalue weighted by molar-refractivity contribution is 0.411. The van der Waals surface area contributed by atoms with Crippen LogP contribution in [0.3, 0.4) is 0 Å². The molecule has 0 aliphatic carbocycles. The van der Waals surface area contributed by atoms with Gasteiger partial charge in [0, 0.05) is 43.7 Å². The molecule has 4 aromatic carbocycles. The van der Waals surface area contributed by atoms with E-state index in [4.69, 9.17) is 9.47 Å². The molecule has 0 fully saturated rings. The number of phenols is 2. The van der Waals surface area contributed by atoms with Crippen LogP contribution in [-0.4, -0.2) is 34.4 Å². The molecule has 6 nitrogen and oxygen atoms in total. The van der Waals surface area contributed by atoms with E-state index >= 15 is 0 Å². The van der Waals surface area contributed by atoms with Gasteiger partial charge in [0.25, 0.3) is 0 Å². The van der Waals surface area contributed by atoms with Gasteiger partial charge in [-0.25, -0.2) is 0 Å². The highest BCUT2D eigenvalue weighted by atomic mass is 16.5. The largest absolute Gasteiger partial charge is 0.507 e. The first-order valence-corrected chi connectivity index (χ1v) is 15.0. The molecule has 0 saturated heterocycles. The van der Waals surface area contributed by atoms with E-state index in [1.54, 1.807) is 14.2 Å². The number of aromatic amines is 2. The molecule has 0 bridgehead atoms. The standard InChI is InChI=1S/C38H40N2O4/c1-19(2)9-11-23-29(43-7)15-13-27-31(23)25-17-21(5)37(41)33(35(25)39-27)34-36-26(18-22(6)38(34)42)32-24(12-10-20(3)4)30(44-8)16-14-28(32)40-36/h9-10,13-18,39-42H,11-12H2,1-8H3. The molecular weight excluding hydrogens is 548 g/mol. The van der Waals surface area contributed by atoms with Gasteiger partial charge in [-0.2, -0.15) is 0 Å². The Morgan fingerprint density at radius 1 is 0.659 bits per heavy atom. The van der Waals surface area contributed by atoms with Crippen LogP contribution in [0.25, 0.3) is 54.7 Å². The molecule has 44 heavy (non-hydrogen) atoms. The highest BCUT2D eigenvalue weighted by Gasteiger charge is 2.26. The lowest BCUT2D eigenvalue weighted by Gasteiger charge is -2.15. The summed E-state index contributed by atoms with van der Waals surface area (Å²) >= 11 is 0. The van der Waals surface area contributed by atoms with Gasteiger partial charge in [0.1, 0.15) is 23.0 Å². The maximum atomic E-state index is 11.7. The Kier molecular flexibility index (Phi) is 7.32. The van der Waals surface area contributed by atoms with Crippen molar-refractivity contribution in [3.63, 3.8) is 0 Å².